The van der Waals surface area contributed by atoms with E-state index in [4.69, 9.17) is 5.73 Å². The maximum Gasteiger partial charge on any atom is 0.354 e. The van der Waals surface area contributed by atoms with Gasteiger partial charge in [-0.1, -0.05) is 0 Å². The fourth-order valence-corrected chi connectivity index (χ4v) is 2.52. The highest BCUT2D eigenvalue weighted by atomic mass is 35.5. The van der Waals surface area contributed by atoms with Crippen LogP contribution in [0.1, 0.15) is 16.9 Å². The summed E-state index contributed by atoms with van der Waals surface area (Å²) >= 11 is 0. The first-order chi connectivity index (χ1) is 12.1. The Bertz CT molecular complexity index is 894. The van der Waals surface area contributed by atoms with E-state index in [2.05, 4.69) is 10.1 Å². The van der Waals surface area contributed by atoms with Gasteiger partial charge in [0, 0.05) is 23.9 Å². The summed E-state index contributed by atoms with van der Waals surface area (Å²) in [5, 5.41) is 23.2. The van der Waals surface area contributed by atoms with Gasteiger partial charge in [0.1, 0.15) is 11.4 Å². The largest absolute Gasteiger partial charge is 0.508 e. The minimum absolute atomic E-state index is 0. The van der Waals surface area contributed by atoms with E-state index in [0.717, 1.165) is 11.1 Å². The van der Waals surface area contributed by atoms with Crippen molar-refractivity contribution in [3.63, 3.8) is 0 Å². The van der Waals surface area contributed by atoms with Crippen molar-refractivity contribution >= 4 is 18.4 Å². The Balaban J connectivity index is 0.00000243. The Morgan fingerprint density at radius 1 is 1.08 bits per heavy atom. The molecule has 0 radical (unpaired) electrons. The second-order valence-electron chi connectivity index (χ2n) is 5.56. The van der Waals surface area contributed by atoms with Crippen LogP contribution in [-0.4, -0.2) is 37.5 Å². The second kappa shape index (κ2) is 8.46. The number of phenolic OH excluding ortho intramolecular Hbond substituents is 1. The van der Waals surface area contributed by atoms with Gasteiger partial charge in [-0.05, 0) is 55.4 Å². The summed E-state index contributed by atoms with van der Waals surface area (Å²) in [6.45, 7) is 0.919. The van der Waals surface area contributed by atoms with Crippen LogP contribution in [0.4, 0.5) is 0 Å². The van der Waals surface area contributed by atoms with Crippen molar-refractivity contribution in [1.82, 2.24) is 14.8 Å². The molecular formula is C18H19ClN4O3. The molecule has 2 heterocycles. The SMILES string of the molecule is Cl.NCCCn1nc(-c2ccnc(-c3ccc(O)cc3)c2)cc1C(=O)O. The number of hydrogen-bond donors (Lipinski definition) is 3. The number of carbonyl (C=O) groups is 1. The monoisotopic (exact) mass is 374 g/mol. The lowest BCUT2D eigenvalue weighted by Crippen LogP contribution is -2.12. The molecular weight excluding hydrogens is 356 g/mol. The van der Waals surface area contributed by atoms with E-state index in [-0.39, 0.29) is 23.9 Å². The molecule has 136 valence electrons. The molecule has 1 aromatic carbocycles. The topological polar surface area (TPSA) is 114 Å². The van der Waals surface area contributed by atoms with Gasteiger partial charge in [0.2, 0.25) is 0 Å². The number of aromatic nitrogens is 3. The fraction of sp³-hybridized carbons (Fsp3) is 0.167. The number of aromatic carboxylic acids is 1. The molecule has 0 aliphatic carbocycles. The van der Waals surface area contributed by atoms with Gasteiger partial charge in [0.25, 0.3) is 0 Å². The van der Waals surface area contributed by atoms with Crippen LogP contribution in [0.15, 0.2) is 48.7 Å². The highest BCUT2D eigenvalue weighted by molar-refractivity contribution is 5.87. The maximum absolute atomic E-state index is 11.4. The predicted octanol–water partition coefficient (Wildman–Crippen LogP) is 2.79. The molecule has 0 fully saturated rings. The van der Waals surface area contributed by atoms with E-state index < -0.39 is 5.97 Å². The fourth-order valence-electron chi connectivity index (χ4n) is 2.52. The summed E-state index contributed by atoms with van der Waals surface area (Å²) in [5.41, 5.74) is 8.53. The Morgan fingerprint density at radius 2 is 1.81 bits per heavy atom. The molecule has 0 aliphatic heterocycles. The third-order valence-electron chi connectivity index (χ3n) is 3.79. The molecule has 7 nitrogen and oxygen atoms in total. The van der Waals surface area contributed by atoms with Gasteiger partial charge < -0.3 is 15.9 Å². The maximum atomic E-state index is 11.4. The Labute approximate surface area is 156 Å². The van der Waals surface area contributed by atoms with Gasteiger partial charge in [-0.2, -0.15) is 5.10 Å². The van der Waals surface area contributed by atoms with Gasteiger partial charge in [-0.25, -0.2) is 4.79 Å². The van der Waals surface area contributed by atoms with Gasteiger partial charge >= 0.3 is 5.97 Å². The lowest BCUT2D eigenvalue weighted by atomic mass is 10.1. The van der Waals surface area contributed by atoms with Crippen molar-refractivity contribution in [2.45, 2.75) is 13.0 Å². The average molecular weight is 375 g/mol. The minimum atomic E-state index is -1.02. The predicted molar refractivity (Wildman–Crippen MR) is 100 cm³/mol. The van der Waals surface area contributed by atoms with Crippen LogP contribution in [0.25, 0.3) is 22.5 Å². The van der Waals surface area contributed by atoms with Gasteiger partial charge in [0.15, 0.2) is 0 Å². The molecule has 0 amide bonds. The van der Waals surface area contributed by atoms with Crippen molar-refractivity contribution in [1.29, 1.82) is 0 Å². The average Bonchev–Trinajstić information content (AvgIpc) is 3.05. The molecule has 0 aliphatic rings. The van der Waals surface area contributed by atoms with E-state index in [9.17, 15) is 15.0 Å². The summed E-state index contributed by atoms with van der Waals surface area (Å²) < 4.78 is 1.46. The molecule has 0 saturated heterocycles. The van der Waals surface area contributed by atoms with Crippen LogP contribution in [0.2, 0.25) is 0 Å². The van der Waals surface area contributed by atoms with Crippen molar-refractivity contribution in [3.8, 4) is 28.3 Å². The number of aryl methyl sites for hydroxylation is 1. The summed E-state index contributed by atoms with van der Waals surface area (Å²) in [6.07, 6.45) is 2.30. The molecule has 0 atom stereocenters. The highest BCUT2D eigenvalue weighted by Crippen LogP contribution is 2.25. The van der Waals surface area contributed by atoms with Crippen molar-refractivity contribution < 1.29 is 15.0 Å². The molecule has 0 bridgehead atoms. The number of carboxylic acids is 1. The number of nitrogens with zero attached hydrogens (tertiary/aromatic N) is 3. The number of nitrogens with two attached hydrogens (primary N) is 1. The van der Waals surface area contributed by atoms with Crippen LogP contribution in [0, 0.1) is 0 Å². The quantitative estimate of drug-likeness (QED) is 0.611. The highest BCUT2D eigenvalue weighted by Gasteiger charge is 2.15. The normalized spacial score (nSPS) is 10.3. The Hall–Kier alpha value is -2.90. The number of carboxylic acid groups (broad SMARTS) is 1. The number of hydrogen-bond acceptors (Lipinski definition) is 5. The van der Waals surface area contributed by atoms with E-state index in [1.165, 1.54) is 4.68 Å². The Kier molecular flexibility index (Phi) is 6.32. The molecule has 8 heteroatoms. The Morgan fingerprint density at radius 3 is 2.46 bits per heavy atom. The molecule has 3 rings (SSSR count). The number of benzene rings is 1. The molecule has 0 unspecified atom stereocenters. The molecule has 2 aromatic heterocycles. The summed E-state index contributed by atoms with van der Waals surface area (Å²) in [6, 6.07) is 11.9. The minimum Gasteiger partial charge on any atom is -0.508 e. The lowest BCUT2D eigenvalue weighted by Gasteiger charge is -2.04. The van der Waals surface area contributed by atoms with Crippen molar-refractivity contribution in [3.05, 3.63) is 54.4 Å². The van der Waals surface area contributed by atoms with E-state index in [0.29, 0.717) is 30.9 Å². The molecule has 4 N–H and O–H groups in total. The zero-order valence-electron chi connectivity index (χ0n) is 13.9. The van der Waals surface area contributed by atoms with Gasteiger partial charge in [-0.15, -0.1) is 12.4 Å². The lowest BCUT2D eigenvalue weighted by molar-refractivity contribution is 0.0683. The first-order valence-electron chi connectivity index (χ1n) is 7.85. The van der Waals surface area contributed by atoms with Gasteiger partial charge in [-0.3, -0.25) is 9.67 Å². The standard InChI is InChI=1S/C18H18N4O3.ClH/c19-7-1-9-22-17(18(24)25)11-16(21-22)13-6-8-20-15(10-13)12-2-4-14(23)5-3-12;/h2-6,8,10-11,23H,1,7,9,19H2,(H,24,25);1H. The molecule has 0 saturated carbocycles. The van der Waals surface area contributed by atoms with E-state index in [1.807, 2.05) is 6.07 Å². The van der Waals surface area contributed by atoms with Crippen molar-refractivity contribution in [2.24, 2.45) is 5.73 Å². The van der Waals surface area contributed by atoms with Crippen LogP contribution < -0.4 is 5.73 Å². The third-order valence-corrected chi connectivity index (χ3v) is 3.79. The zero-order valence-corrected chi connectivity index (χ0v) is 14.7. The van der Waals surface area contributed by atoms with Gasteiger partial charge in [0.05, 0.1) is 11.4 Å². The first-order valence-corrected chi connectivity index (χ1v) is 7.85. The van der Waals surface area contributed by atoms with Crippen LogP contribution in [-0.2, 0) is 6.54 Å². The summed E-state index contributed by atoms with van der Waals surface area (Å²) in [7, 11) is 0. The zero-order chi connectivity index (χ0) is 17.8. The van der Waals surface area contributed by atoms with Crippen LogP contribution >= 0.6 is 12.4 Å². The number of phenols is 1. The smallest absolute Gasteiger partial charge is 0.354 e. The molecule has 0 spiro atoms. The number of pyridine rings is 1. The van der Waals surface area contributed by atoms with Crippen LogP contribution in [0.5, 0.6) is 5.75 Å². The van der Waals surface area contributed by atoms with Crippen LogP contribution in [0.3, 0.4) is 0 Å². The second-order valence-corrected chi connectivity index (χ2v) is 5.56. The number of halogens is 1. The van der Waals surface area contributed by atoms with Crippen molar-refractivity contribution in [2.75, 3.05) is 6.54 Å². The third kappa shape index (κ3) is 4.19. The summed E-state index contributed by atoms with van der Waals surface area (Å²) in [5.74, 6) is -0.840. The molecule has 26 heavy (non-hydrogen) atoms. The summed E-state index contributed by atoms with van der Waals surface area (Å²) in [4.78, 5) is 15.8. The number of rotatable bonds is 6. The molecule has 3 aromatic rings. The number of aromatic hydroxyl groups is 1. The first kappa shape index (κ1) is 19.4. The van der Waals surface area contributed by atoms with E-state index in [1.54, 1.807) is 42.6 Å². The van der Waals surface area contributed by atoms with E-state index >= 15 is 0 Å².